The first-order valence-electron chi connectivity index (χ1n) is 10.2. The van der Waals surface area contributed by atoms with E-state index in [2.05, 4.69) is 25.8 Å². The Morgan fingerprint density at radius 2 is 1.56 bits per heavy atom. The van der Waals surface area contributed by atoms with E-state index in [0.717, 1.165) is 69.1 Å². The highest BCUT2D eigenvalue weighted by molar-refractivity contribution is 5.83. The maximum Gasteiger partial charge on any atom is 0.257 e. The van der Waals surface area contributed by atoms with Crippen LogP contribution in [0.25, 0.3) is 10.8 Å². The van der Waals surface area contributed by atoms with Gasteiger partial charge >= 0.3 is 0 Å². The van der Waals surface area contributed by atoms with Gasteiger partial charge in [0.25, 0.3) is 5.56 Å². The Morgan fingerprint density at radius 1 is 0.889 bits per heavy atom. The minimum atomic E-state index is 0.00800. The maximum absolute atomic E-state index is 12.3. The molecule has 1 aromatic carbocycles. The number of ether oxygens (including phenoxy) is 1. The van der Waals surface area contributed by atoms with Gasteiger partial charge in [0, 0.05) is 44.7 Å². The maximum atomic E-state index is 12.3. The normalized spacial score (nSPS) is 19.6. The number of hydrogen-bond donors (Lipinski definition) is 1. The van der Waals surface area contributed by atoms with Gasteiger partial charge in [-0.2, -0.15) is 0 Å². The highest BCUT2D eigenvalue weighted by Crippen LogP contribution is 2.18. The summed E-state index contributed by atoms with van der Waals surface area (Å²) in [6.45, 7) is 10.4. The molecule has 2 aliphatic heterocycles. The Bertz CT molecular complexity index is 792. The largest absolute Gasteiger partial charge is 0.379 e. The molecule has 1 N–H and O–H groups in total. The highest BCUT2D eigenvalue weighted by Gasteiger charge is 2.18. The predicted molar refractivity (Wildman–Crippen MR) is 110 cm³/mol. The molecular formula is C21H30N4O2. The number of nitrogens with zero attached hydrogens (tertiary/aromatic N) is 3. The van der Waals surface area contributed by atoms with Gasteiger partial charge in [0.15, 0.2) is 0 Å². The Kier molecular flexibility index (Phi) is 6.07. The van der Waals surface area contributed by atoms with E-state index in [-0.39, 0.29) is 5.56 Å². The molecule has 2 fully saturated rings. The number of unbranched alkanes of at least 4 members (excludes halogenated alkanes) is 1. The van der Waals surface area contributed by atoms with Gasteiger partial charge in [0.1, 0.15) is 5.82 Å². The molecule has 2 saturated heterocycles. The van der Waals surface area contributed by atoms with Gasteiger partial charge in [-0.25, -0.2) is 0 Å². The molecule has 2 aliphatic rings. The van der Waals surface area contributed by atoms with Crippen molar-refractivity contribution in [3.63, 3.8) is 0 Å². The van der Waals surface area contributed by atoms with E-state index in [4.69, 9.17) is 4.74 Å². The van der Waals surface area contributed by atoms with Crippen molar-refractivity contribution in [2.24, 2.45) is 0 Å². The lowest BCUT2D eigenvalue weighted by Crippen LogP contribution is -2.47. The molecule has 0 radical (unpaired) electrons. The molecule has 3 heterocycles. The van der Waals surface area contributed by atoms with Crippen molar-refractivity contribution < 1.29 is 4.74 Å². The third-order valence-electron chi connectivity index (χ3n) is 5.75. The van der Waals surface area contributed by atoms with E-state index in [0.29, 0.717) is 0 Å². The molecule has 27 heavy (non-hydrogen) atoms. The van der Waals surface area contributed by atoms with Crippen molar-refractivity contribution in [3.05, 3.63) is 40.7 Å². The molecular weight excluding hydrogens is 340 g/mol. The third-order valence-corrected chi connectivity index (χ3v) is 5.75. The number of fused-ring (bicyclic) bond motifs is 1. The lowest BCUT2D eigenvalue weighted by atomic mass is 10.1. The zero-order valence-corrected chi connectivity index (χ0v) is 16.0. The van der Waals surface area contributed by atoms with Crippen LogP contribution in [0.15, 0.2) is 35.1 Å². The lowest BCUT2D eigenvalue weighted by Gasteiger charge is -2.36. The van der Waals surface area contributed by atoms with E-state index >= 15 is 0 Å². The van der Waals surface area contributed by atoms with Crippen LogP contribution in [0.5, 0.6) is 0 Å². The van der Waals surface area contributed by atoms with E-state index in [9.17, 15) is 4.79 Å². The summed E-state index contributed by atoms with van der Waals surface area (Å²) >= 11 is 0. The summed E-state index contributed by atoms with van der Waals surface area (Å²) in [5.74, 6) is 0.950. The molecule has 0 saturated carbocycles. The molecule has 6 nitrogen and oxygen atoms in total. The van der Waals surface area contributed by atoms with Crippen molar-refractivity contribution in [1.29, 1.82) is 0 Å². The number of benzene rings is 1. The van der Waals surface area contributed by atoms with Gasteiger partial charge < -0.3 is 14.6 Å². The van der Waals surface area contributed by atoms with Gasteiger partial charge in [-0.1, -0.05) is 18.2 Å². The Hall–Kier alpha value is -1.89. The number of aromatic nitrogens is 1. The molecule has 0 atom stereocenters. The van der Waals surface area contributed by atoms with Crippen LogP contribution in [0.4, 0.5) is 5.82 Å². The monoisotopic (exact) mass is 370 g/mol. The second-order valence-corrected chi connectivity index (χ2v) is 7.56. The summed E-state index contributed by atoms with van der Waals surface area (Å²) in [5, 5.41) is 1.78. The van der Waals surface area contributed by atoms with Crippen LogP contribution in [0.1, 0.15) is 12.8 Å². The number of pyridine rings is 1. The highest BCUT2D eigenvalue weighted by atomic mass is 16.5. The van der Waals surface area contributed by atoms with Gasteiger partial charge in [0.2, 0.25) is 0 Å². The van der Waals surface area contributed by atoms with Crippen molar-refractivity contribution in [2.75, 3.05) is 70.5 Å². The van der Waals surface area contributed by atoms with Gasteiger partial charge in [-0.15, -0.1) is 0 Å². The zero-order chi connectivity index (χ0) is 18.5. The molecule has 1 aromatic heterocycles. The van der Waals surface area contributed by atoms with Crippen LogP contribution in [-0.4, -0.2) is 80.4 Å². The van der Waals surface area contributed by atoms with E-state index in [1.165, 1.54) is 25.9 Å². The van der Waals surface area contributed by atoms with Crippen molar-refractivity contribution in [1.82, 2.24) is 14.8 Å². The fourth-order valence-electron chi connectivity index (χ4n) is 4.08. The number of anilines is 1. The molecule has 2 aromatic rings. The third kappa shape index (κ3) is 4.69. The first-order valence-corrected chi connectivity index (χ1v) is 10.2. The van der Waals surface area contributed by atoms with Crippen LogP contribution in [-0.2, 0) is 4.74 Å². The lowest BCUT2D eigenvalue weighted by molar-refractivity contribution is 0.0368. The minimum Gasteiger partial charge on any atom is -0.379 e. The SMILES string of the molecule is O=c1[nH]c(N2CCN(CCCCN3CCOCC3)CC2)cc2ccccc12. The number of hydrogen-bond acceptors (Lipinski definition) is 5. The number of H-pyrrole nitrogens is 1. The topological polar surface area (TPSA) is 51.8 Å². The average Bonchev–Trinajstić information content (AvgIpc) is 2.72. The van der Waals surface area contributed by atoms with Crippen LogP contribution in [0.3, 0.4) is 0 Å². The smallest absolute Gasteiger partial charge is 0.257 e. The summed E-state index contributed by atoms with van der Waals surface area (Å²) in [6, 6.07) is 9.90. The molecule has 146 valence electrons. The average molecular weight is 370 g/mol. The van der Waals surface area contributed by atoms with E-state index in [1.807, 2.05) is 24.3 Å². The molecule has 0 unspecified atom stereocenters. The quantitative estimate of drug-likeness (QED) is 0.786. The van der Waals surface area contributed by atoms with Crippen LogP contribution < -0.4 is 10.5 Å². The zero-order valence-electron chi connectivity index (χ0n) is 16.0. The second kappa shape index (κ2) is 8.87. The number of nitrogens with one attached hydrogen (secondary N) is 1. The van der Waals surface area contributed by atoms with Gasteiger partial charge in [0.05, 0.1) is 13.2 Å². The summed E-state index contributed by atoms with van der Waals surface area (Å²) < 4.78 is 5.40. The Labute approximate surface area is 160 Å². The summed E-state index contributed by atoms with van der Waals surface area (Å²) in [4.78, 5) is 22.7. The van der Waals surface area contributed by atoms with E-state index in [1.54, 1.807) is 0 Å². The first-order chi connectivity index (χ1) is 13.3. The van der Waals surface area contributed by atoms with Crippen molar-refractivity contribution in [2.45, 2.75) is 12.8 Å². The molecule has 4 rings (SSSR count). The molecule has 0 aliphatic carbocycles. The second-order valence-electron chi connectivity index (χ2n) is 7.56. The van der Waals surface area contributed by atoms with Gasteiger partial charge in [-0.05, 0) is 43.5 Å². The summed E-state index contributed by atoms with van der Waals surface area (Å²) in [6.07, 6.45) is 2.52. The standard InChI is InChI=1S/C21H30N4O2/c26-21-19-6-2-1-5-18(19)17-20(22-21)25-11-9-23(10-12-25)7-3-4-8-24-13-15-27-16-14-24/h1-2,5-6,17H,3-4,7-16H2,(H,22,26). The number of rotatable bonds is 6. The van der Waals surface area contributed by atoms with Crippen LogP contribution >= 0.6 is 0 Å². The first kappa shape index (κ1) is 18.5. The summed E-state index contributed by atoms with van der Waals surface area (Å²) in [7, 11) is 0. The Morgan fingerprint density at radius 3 is 2.30 bits per heavy atom. The molecule has 0 amide bonds. The van der Waals surface area contributed by atoms with Crippen LogP contribution in [0.2, 0.25) is 0 Å². The number of piperazine rings is 1. The molecule has 6 heteroatoms. The fraction of sp³-hybridized carbons (Fsp3) is 0.571. The van der Waals surface area contributed by atoms with E-state index < -0.39 is 0 Å². The number of morpholine rings is 1. The number of aromatic amines is 1. The minimum absolute atomic E-state index is 0.00800. The summed E-state index contributed by atoms with van der Waals surface area (Å²) in [5.41, 5.74) is 0.00800. The van der Waals surface area contributed by atoms with Crippen molar-refractivity contribution >= 4 is 16.6 Å². The van der Waals surface area contributed by atoms with Crippen LogP contribution in [0, 0.1) is 0 Å². The fourth-order valence-corrected chi connectivity index (χ4v) is 4.08. The van der Waals surface area contributed by atoms with Gasteiger partial charge in [-0.3, -0.25) is 14.6 Å². The van der Waals surface area contributed by atoms with Crippen molar-refractivity contribution in [3.8, 4) is 0 Å². The predicted octanol–water partition coefficient (Wildman–Crippen LogP) is 1.76. The molecule has 0 bridgehead atoms. The Balaban J connectivity index is 1.23. The molecule has 0 spiro atoms.